The Morgan fingerprint density at radius 2 is 1.76 bits per heavy atom. The van der Waals surface area contributed by atoms with E-state index >= 15 is 0 Å². The van der Waals surface area contributed by atoms with Gasteiger partial charge in [0.15, 0.2) is 11.5 Å². The van der Waals surface area contributed by atoms with Crippen molar-refractivity contribution in [2.45, 2.75) is 24.7 Å². The van der Waals surface area contributed by atoms with Gasteiger partial charge in [0.2, 0.25) is 5.91 Å². The number of hydrogen-bond donors (Lipinski definition) is 1. The number of methoxy groups -OCH3 is 2. The first-order valence-electron chi connectivity index (χ1n) is 8.34. The molecule has 0 saturated heterocycles. The lowest BCUT2D eigenvalue weighted by Crippen LogP contribution is -2.35. The molecule has 0 aliphatic heterocycles. The van der Waals surface area contributed by atoms with Gasteiger partial charge in [-0.25, -0.2) is 4.39 Å². The second-order valence-corrected chi connectivity index (χ2v) is 6.28. The van der Waals surface area contributed by atoms with Crippen LogP contribution in [0.3, 0.4) is 0 Å². The lowest BCUT2D eigenvalue weighted by molar-refractivity contribution is -0.123. The van der Waals surface area contributed by atoms with Gasteiger partial charge in [0.05, 0.1) is 19.6 Å². The van der Waals surface area contributed by atoms with Gasteiger partial charge in [-0.05, 0) is 54.7 Å². The van der Waals surface area contributed by atoms with Gasteiger partial charge in [-0.3, -0.25) is 4.79 Å². The van der Waals surface area contributed by atoms with Crippen LogP contribution in [0.1, 0.15) is 24.0 Å². The zero-order valence-electron chi connectivity index (χ0n) is 14.5. The minimum atomic E-state index is -0.481. The van der Waals surface area contributed by atoms with Crippen LogP contribution in [-0.2, 0) is 16.6 Å². The van der Waals surface area contributed by atoms with Crippen LogP contribution in [0.4, 0.5) is 4.39 Å². The topological polar surface area (TPSA) is 47.6 Å². The largest absolute Gasteiger partial charge is 0.493 e. The van der Waals surface area contributed by atoms with Crippen molar-refractivity contribution in [1.82, 2.24) is 5.32 Å². The molecule has 1 aliphatic carbocycles. The molecule has 2 aromatic carbocycles. The summed E-state index contributed by atoms with van der Waals surface area (Å²) in [5.74, 6) is 1.09. The molecule has 2 aromatic rings. The van der Waals surface area contributed by atoms with E-state index in [9.17, 15) is 9.18 Å². The fourth-order valence-electron chi connectivity index (χ4n) is 3.07. The molecule has 3 rings (SSSR count). The van der Waals surface area contributed by atoms with Gasteiger partial charge >= 0.3 is 0 Å². The summed E-state index contributed by atoms with van der Waals surface area (Å²) in [7, 11) is 3.20. The average Bonchev–Trinajstić information content (AvgIpc) is 3.44. The summed E-state index contributed by atoms with van der Waals surface area (Å²) in [6.45, 7) is 0.539. The maximum absolute atomic E-state index is 13.1. The second-order valence-electron chi connectivity index (χ2n) is 6.28. The number of nitrogens with one attached hydrogen (secondary N) is 1. The highest BCUT2D eigenvalue weighted by molar-refractivity contribution is 5.91. The molecule has 0 atom stereocenters. The monoisotopic (exact) mass is 343 g/mol. The van der Waals surface area contributed by atoms with Crippen LogP contribution in [0, 0.1) is 5.82 Å². The Morgan fingerprint density at radius 3 is 2.36 bits per heavy atom. The molecular weight excluding hydrogens is 321 g/mol. The van der Waals surface area contributed by atoms with Crippen molar-refractivity contribution < 1.29 is 18.7 Å². The predicted molar refractivity (Wildman–Crippen MR) is 93.6 cm³/mol. The first-order valence-corrected chi connectivity index (χ1v) is 8.34. The van der Waals surface area contributed by atoms with E-state index in [1.807, 2.05) is 18.2 Å². The Balaban J connectivity index is 1.59. The smallest absolute Gasteiger partial charge is 0.230 e. The van der Waals surface area contributed by atoms with Crippen LogP contribution in [0.25, 0.3) is 0 Å². The lowest BCUT2D eigenvalue weighted by Gasteiger charge is -2.16. The summed E-state index contributed by atoms with van der Waals surface area (Å²) < 4.78 is 23.6. The summed E-state index contributed by atoms with van der Waals surface area (Å²) in [5.41, 5.74) is 1.47. The van der Waals surface area contributed by atoms with Crippen LogP contribution in [0.5, 0.6) is 11.5 Å². The van der Waals surface area contributed by atoms with Crippen molar-refractivity contribution in [2.24, 2.45) is 0 Å². The molecule has 0 heterocycles. The first-order chi connectivity index (χ1) is 12.1. The Kier molecular flexibility index (Phi) is 4.93. The SMILES string of the molecule is COc1ccc(CCNC(=O)C2(c3ccc(F)cc3)CC2)cc1OC. The Morgan fingerprint density at radius 1 is 1.08 bits per heavy atom. The molecule has 1 fully saturated rings. The number of benzene rings is 2. The second kappa shape index (κ2) is 7.13. The molecule has 0 bridgehead atoms. The number of carbonyl (C=O) groups is 1. The molecule has 5 heteroatoms. The molecule has 0 radical (unpaired) electrons. The number of rotatable bonds is 7. The number of amides is 1. The minimum absolute atomic E-state index is 0.0135. The number of ether oxygens (including phenoxy) is 2. The third kappa shape index (κ3) is 3.60. The molecule has 25 heavy (non-hydrogen) atoms. The molecule has 1 aliphatic rings. The average molecular weight is 343 g/mol. The van der Waals surface area contributed by atoms with Crippen LogP contribution >= 0.6 is 0 Å². The Labute approximate surface area is 147 Å². The zero-order chi connectivity index (χ0) is 17.9. The van der Waals surface area contributed by atoms with E-state index in [0.717, 1.165) is 24.0 Å². The first kappa shape index (κ1) is 17.3. The Bertz CT molecular complexity index is 754. The van der Waals surface area contributed by atoms with Gasteiger partial charge < -0.3 is 14.8 Å². The van der Waals surface area contributed by atoms with Crippen molar-refractivity contribution >= 4 is 5.91 Å². The molecule has 0 unspecified atom stereocenters. The van der Waals surface area contributed by atoms with E-state index in [2.05, 4.69) is 5.32 Å². The number of carbonyl (C=O) groups excluding carboxylic acids is 1. The quantitative estimate of drug-likeness (QED) is 0.840. The molecule has 1 saturated carbocycles. The highest BCUT2D eigenvalue weighted by Gasteiger charge is 2.50. The molecule has 132 valence electrons. The number of halogens is 1. The maximum atomic E-state index is 13.1. The van der Waals surface area contributed by atoms with E-state index in [1.54, 1.807) is 26.4 Å². The fourth-order valence-corrected chi connectivity index (χ4v) is 3.07. The highest BCUT2D eigenvalue weighted by atomic mass is 19.1. The molecule has 0 aromatic heterocycles. The van der Waals surface area contributed by atoms with Crippen molar-refractivity contribution in [3.05, 3.63) is 59.4 Å². The van der Waals surface area contributed by atoms with Crippen LogP contribution in [0.15, 0.2) is 42.5 Å². The highest BCUT2D eigenvalue weighted by Crippen LogP contribution is 2.48. The van der Waals surface area contributed by atoms with E-state index in [4.69, 9.17) is 9.47 Å². The maximum Gasteiger partial charge on any atom is 0.230 e. The third-order valence-corrected chi connectivity index (χ3v) is 4.73. The van der Waals surface area contributed by atoms with Crippen molar-refractivity contribution in [2.75, 3.05) is 20.8 Å². The van der Waals surface area contributed by atoms with Crippen LogP contribution in [0.2, 0.25) is 0 Å². The van der Waals surface area contributed by atoms with Crippen molar-refractivity contribution in [3.8, 4) is 11.5 Å². The zero-order valence-corrected chi connectivity index (χ0v) is 14.5. The van der Waals surface area contributed by atoms with Crippen LogP contribution < -0.4 is 14.8 Å². The third-order valence-electron chi connectivity index (χ3n) is 4.73. The summed E-state index contributed by atoms with van der Waals surface area (Å²) in [4.78, 5) is 12.6. The summed E-state index contributed by atoms with van der Waals surface area (Å²) >= 11 is 0. The van der Waals surface area contributed by atoms with E-state index in [1.165, 1.54) is 12.1 Å². The van der Waals surface area contributed by atoms with Gasteiger partial charge in [0.1, 0.15) is 5.82 Å². The predicted octanol–water partition coefficient (Wildman–Crippen LogP) is 3.23. The molecular formula is C20H22FNO3. The van der Waals surface area contributed by atoms with Gasteiger partial charge in [-0.2, -0.15) is 0 Å². The summed E-state index contributed by atoms with van der Waals surface area (Å²) in [6.07, 6.45) is 2.31. The normalized spacial score (nSPS) is 14.7. The van der Waals surface area contributed by atoms with Gasteiger partial charge in [0, 0.05) is 6.54 Å². The van der Waals surface area contributed by atoms with Gasteiger partial charge in [-0.1, -0.05) is 18.2 Å². The van der Waals surface area contributed by atoms with E-state index < -0.39 is 5.41 Å². The summed E-state index contributed by atoms with van der Waals surface area (Å²) in [6, 6.07) is 12.0. The molecule has 0 spiro atoms. The van der Waals surface area contributed by atoms with Gasteiger partial charge in [0.25, 0.3) is 0 Å². The fraction of sp³-hybridized carbons (Fsp3) is 0.350. The van der Waals surface area contributed by atoms with Gasteiger partial charge in [-0.15, -0.1) is 0 Å². The van der Waals surface area contributed by atoms with Crippen LogP contribution in [-0.4, -0.2) is 26.7 Å². The van der Waals surface area contributed by atoms with Crippen molar-refractivity contribution in [1.29, 1.82) is 0 Å². The van der Waals surface area contributed by atoms with Crippen molar-refractivity contribution in [3.63, 3.8) is 0 Å². The van der Waals surface area contributed by atoms with E-state index in [0.29, 0.717) is 24.5 Å². The molecule has 1 N–H and O–H groups in total. The molecule has 1 amide bonds. The lowest BCUT2D eigenvalue weighted by atomic mass is 9.95. The van der Waals surface area contributed by atoms with E-state index in [-0.39, 0.29) is 11.7 Å². The number of hydrogen-bond acceptors (Lipinski definition) is 3. The molecule has 4 nitrogen and oxygen atoms in total. The standard InChI is InChI=1S/C20H22FNO3/c1-24-17-8-3-14(13-18(17)25-2)9-12-22-19(23)20(10-11-20)15-4-6-16(21)7-5-15/h3-8,13H,9-12H2,1-2H3,(H,22,23). The minimum Gasteiger partial charge on any atom is -0.493 e. The Hall–Kier alpha value is -2.56. The summed E-state index contributed by atoms with van der Waals surface area (Å²) in [5, 5.41) is 3.01.